The number of rotatable bonds is 11. The van der Waals surface area contributed by atoms with E-state index in [2.05, 4.69) is 32.9 Å². The van der Waals surface area contributed by atoms with Crippen LogP contribution in [0.1, 0.15) is 68.7 Å². The van der Waals surface area contributed by atoms with Crippen LogP contribution >= 0.6 is 22.6 Å². The standard InChI is InChI=1S/C29H38IN3O4/c1-18(2)12-25(33-17-21(10-11-30)8-9-26(33)34)29(37)32-24(14-27(35)36)22-13-23(16-31-15-22)28-19(3)6-5-7-20(28)4/h5-7,13,15-16,18,21,24-25H,8-12,14,17H2,1-4H3,(H,32,37)(H,35,36)/t21?,24-,25-/m0/s1. The molecule has 3 rings (SSSR count). The maximum absolute atomic E-state index is 13.7. The van der Waals surface area contributed by atoms with Gasteiger partial charge in [-0.2, -0.15) is 0 Å². The fourth-order valence-corrected chi connectivity index (χ4v) is 6.09. The minimum atomic E-state index is -1.01. The smallest absolute Gasteiger partial charge is 0.305 e. The number of hydrogen-bond acceptors (Lipinski definition) is 4. The Labute approximate surface area is 233 Å². The molecule has 2 heterocycles. The number of carboxylic acids is 1. The van der Waals surface area contributed by atoms with Gasteiger partial charge in [0.2, 0.25) is 11.8 Å². The Morgan fingerprint density at radius 2 is 1.92 bits per heavy atom. The van der Waals surface area contributed by atoms with Crippen LogP contribution in [-0.2, 0) is 14.4 Å². The van der Waals surface area contributed by atoms with Crippen LogP contribution in [0.5, 0.6) is 0 Å². The van der Waals surface area contributed by atoms with Crippen molar-refractivity contribution in [2.45, 2.75) is 71.9 Å². The van der Waals surface area contributed by atoms with E-state index in [-0.39, 0.29) is 24.2 Å². The van der Waals surface area contributed by atoms with Crippen molar-refractivity contribution in [2.75, 3.05) is 11.0 Å². The second kappa shape index (κ2) is 13.3. The lowest BCUT2D eigenvalue weighted by Gasteiger charge is -2.38. The molecule has 7 nitrogen and oxygen atoms in total. The quantitative estimate of drug-likeness (QED) is 0.257. The molecule has 2 N–H and O–H groups in total. The van der Waals surface area contributed by atoms with Gasteiger partial charge in [-0.15, -0.1) is 0 Å². The third-order valence-corrected chi connectivity index (χ3v) is 7.68. The van der Waals surface area contributed by atoms with Gasteiger partial charge in [-0.1, -0.05) is 54.6 Å². The average Bonchev–Trinajstić information content (AvgIpc) is 2.83. The summed E-state index contributed by atoms with van der Waals surface area (Å²) in [5.41, 5.74) is 4.75. The zero-order chi connectivity index (χ0) is 27.1. The Kier molecular flexibility index (Phi) is 10.5. The van der Waals surface area contributed by atoms with Gasteiger partial charge in [0.15, 0.2) is 0 Å². The number of amides is 2. The highest BCUT2D eigenvalue weighted by atomic mass is 127. The van der Waals surface area contributed by atoms with E-state index in [4.69, 9.17) is 0 Å². The summed E-state index contributed by atoms with van der Waals surface area (Å²) in [6.45, 7) is 8.69. The molecule has 1 saturated heterocycles. The number of likely N-dealkylation sites (tertiary alicyclic amines) is 1. The van der Waals surface area contributed by atoms with E-state index >= 15 is 0 Å². The Bertz CT molecular complexity index is 1100. The molecule has 1 aliphatic heterocycles. The molecule has 1 aromatic carbocycles. The molecule has 2 aromatic rings. The molecule has 0 saturated carbocycles. The number of pyridine rings is 1. The topological polar surface area (TPSA) is 99.6 Å². The normalized spacial score (nSPS) is 17.5. The van der Waals surface area contributed by atoms with Gasteiger partial charge >= 0.3 is 5.97 Å². The first kappa shape index (κ1) is 29.1. The number of nitrogens with one attached hydrogen (secondary N) is 1. The summed E-state index contributed by atoms with van der Waals surface area (Å²) >= 11 is 2.35. The SMILES string of the molecule is Cc1cccc(C)c1-c1cncc([C@H](CC(=O)O)NC(=O)[C@H](CC(C)C)N2CC(CCI)CCC2=O)c1. The minimum Gasteiger partial charge on any atom is -0.481 e. The first-order valence-electron chi connectivity index (χ1n) is 13.0. The van der Waals surface area contributed by atoms with Gasteiger partial charge in [0.25, 0.3) is 0 Å². The molecule has 0 spiro atoms. The molecule has 200 valence electrons. The molecule has 2 amide bonds. The Morgan fingerprint density at radius 1 is 1.22 bits per heavy atom. The highest BCUT2D eigenvalue weighted by Gasteiger charge is 2.36. The van der Waals surface area contributed by atoms with Crippen LogP contribution in [0.3, 0.4) is 0 Å². The number of carbonyl (C=O) groups excluding carboxylic acids is 2. The Balaban J connectivity index is 1.91. The zero-order valence-electron chi connectivity index (χ0n) is 22.2. The second-order valence-corrected chi connectivity index (χ2v) is 11.6. The lowest BCUT2D eigenvalue weighted by atomic mass is 9.91. The monoisotopic (exact) mass is 619 g/mol. The van der Waals surface area contributed by atoms with Crippen molar-refractivity contribution in [1.82, 2.24) is 15.2 Å². The van der Waals surface area contributed by atoms with Crippen molar-refractivity contribution in [2.24, 2.45) is 11.8 Å². The second-order valence-electron chi connectivity index (χ2n) is 10.5. The van der Waals surface area contributed by atoms with E-state index in [1.807, 2.05) is 52.0 Å². The van der Waals surface area contributed by atoms with Crippen LogP contribution in [0.25, 0.3) is 11.1 Å². The minimum absolute atomic E-state index is 0.000940. The number of piperidine rings is 1. The maximum atomic E-state index is 13.7. The Morgan fingerprint density at radius 3 is 2.54 bits per heavy atom. The number of halogens is 1. The van der Waals surface area contributed by atoms with Gasteiger partial charge in [0.05, 0.1) is 12.5 Å². The highest BCUT2D eigenvalue weighted by Crippen LogP contribution is 2.30. The zero-order valence-corrected chi connectivity index (χ0v) is 24.3. The molecular formula is C29H38IN3O4. The number of carbonyl (C=O) groups is 3. The fourth-order valence-electron chi connectivity index (χ4n) is 5.21. The van der Waals surface area contributed by atoms with E-state index in [1.165, 1.54) is 0 Å². The number of alkyl halides is 1. The van der Waals surface area contributed by atoms with Crippen LogP contribution in [0.15, 0.2) is 36.7 Å². The van der Waals surface area contributed by atoms with Gasteiger partial charge in [-0.05, 0) is 77.7 Å². The van der Waals surface area contributed by atoms with Crippen molar-refractivity contribution < 1.29 is 19.5 Å². The molecule has 1 aromatic heterocycles. The van der Waals surface area contributed by atoms with Crippen LogP contribution in [0.2, 0.25) is 0 Å². The van der Waals surface area contributed by atoms with E-state index < -0.39 is 18.1 Å². The van der Waals surface area contributed by atoms with Crippen LogP contribution in [0, 0.1) is 25.7 Å². The molecule has 0 radical (unpaired) electrons. The van der Waals surface area contributed by atoms with Gasteiger partial charge < -0.3 is 15.3 Å². The van der Waals surface area contributed by atoms with Crippen molar-refractivity contribution in [1.29, 1.82) is 0 Å². The molecule has 3 atom stereocenters. The lowest BCUT2D eigenvalue weighted by Crippen LogP contribution is -2.54. The number of benzene rings is 1. The van der Waals surface area contributed by atoms with Gasteiger partial charge in [-0.3, -0.25) is 19.4 Å². The van der Waals surface area contributed by atoms with Crippen LogP contribution in [0.4, 0.5) is 0 Å². The van der Waals surface area contributed by atoms with E-state index in [0.717, 1.165) is 39.5 Å². The third kappa shape index (κ3) is 7.75. The molecule has 1 fully saturated rings. The molecule has 37 heavy (non-hydrogen) atoms. The van der Waals surface area contributed by atoms with Crippen LogP contribution in [-0.4, -0.2) is 49.8 Å². The lowest BCUT2D eigenvalue weighted by molar-refractivity contribution is -0.145. The van der Waals surface area contributed by atoms with Gasteiger partial charge in [-0.25, -0.2) is 0 Å². The van der Waals surface area contributed by atoms with Crippen LogP contribution < -0.4 is 5.32 Å². The first-order valence-corrected chi connectivity index (χ1v) is 14.5. The number of aryl methyl sites for hydroxylation is 2. The van der Waals surface area contributed by atoms with Gasteiger partial charge in [0, 0.05) is 30.9 Å². The maximum Gasteiger partial charge on any atom is 0.305 e. The summed E-state index contributed by atoms with van der Waals surface area (Å²) in [5, 5.41) is 12.7. The van der Waals surface area contributed by atoms with E-state index in [0.29, 0.717) is 30.9 Å². The molecular weight excluding hydrogens is 581 g/mol. The summed E-state index contributed by atoms with van der Waals surface area (Å²) in [7, 11) is 0. The largest absolute Gasteiger partial charge is 0.481 e. The number of aromatic nitrogens is 1. The molecule has 1 aliphatic rings. The number of hydrogen-bond donors (Lipinski definition) is 2. The summed E-state index contributed by atoms with van der Waals surface area (Å²) < 4.78 is 1.01. The van der Waals surface area contributed by atoms with Crippen molar-refractivity contribution in [3.63, 3.8) is 0 Å². The van der Waals surface area contributed by atoms with Crippen molar-refractivity contribution in [3.8, 4) is 11.1 Å². The van der Waals surface area contributed by atoms with Crippen molar-refractivity contribution >= 4 is 40.4 Å². The predicted octanol–water partition coefficient (Wildman–Crippen LogP) is 5.48. The highest BCUT2D eigenvalue weighted by molar-refractivity contribution is 14.1. The van der Waals surface area contributed by atoms with E-state index in [9.17, 15) is 19.5 Å². The Hall–Kier alpha value is -2.49. The summed E-state index contributed by atoms with van der Waals surface area (Å²) in [5.74, 6) is -0.746. The number of nitrogens with zero attached hydrogens (tertiary/aromatic N) is 2. The third-order valence-electron chi connectivity index (χ3n) is 7.06. The molecule has 0 aliphatic carbocycles. The fraction of sp³-hybridized carbons (Fsp3) is 0.517. The summed E-state index contributed by atoms with van der Waals surface area (Å²) in [6, 6.07) is 6.58. The van der Waals surface area contributed by atoms with Crippen molar-refractivity contribution in [3.05, 3.63) is 53.3 Å². The van der Waals surface area contributed by atoms with E-state index in [1.54, 1.807) is 17.3 Å². The molecule has 1 unspecified atom stereocenters. The summed E-state index contributed by atoms with van der Waals surface area (Å²) in [4.78, 5) is 44.5. The summed E-state index contributed by atoms with van der Waals surface area (Å²) in [6.07, 6.45) is 5.94. The van der Waals surface area contributed by atoms with Gasteiger partial charge in [0.1, 0.15) is 6.04 Å². The predicted molar refractivity (Wildman–Crippen MR) is 153 cm³/mol. The number of carboxylic acid groups (broad SMARTS) is 1. The molecule has 0 bridgehead atoms. The molecule has 8 heteroatoms. The average molecular weight is 620 g/mol. The first-order chi connectivity index (χ1) is 17.6. The number of aliphatic carboxylic acids is 1.